The number of hydrazone groups is 1. The number of amides is 1. The second-order valence-electron chi connectivity index (χ2n) is 2.64. The van der Waals surface area contributed by atoms with Gasteiger partial charge in [0.2, 0.25) is 6.41 Å². The van der Waals surface area contributed by atoms with E-state index in [4.69, 9.17) is 0 Å². The number of para-hydroxylation sites is 2. The number of carbonyl (C=O) groups excluding carboxylic acids is 1. The number of imidazole rings is 1. The van der Waals surface area contributed by atoms with Gasteiger partial charge in [0.05, 0.1) is 17.2 Å². The van der Waals surface area contributed by atoms with E-state index in [2.05, 4.69) is 20.5 Å². The Morgan fingerprint density at radius 2 is 2.29 bits per heavy atom. The summed E-state index contributed by atoms with van der Waals surface area (Å²) in [5, 5.41) is 3.62. The highest BCUT2D eigenvalue weighted by atomic mass is 16.1. The van der Waals surface area contributed by atoms with E-state index in [9.17, 15) is 4.79 Å². The molecule has 2 rings (SSSR count). The Balaban J connectivity index is 2.31. The van der Waals surface area contributed by atoms with E-state index in [1.165, 1.54) is 6.21 Å². The first-order valence-electron chi connectivity index (χ1n) is 4.07. The maximum atomic E-state index is 9.91. The minimum atomic E-state index is 0.499. The number of benzene rings is 1. The number of hydrogen-bond acceptors (Lipinski definition) is 3. The third-order valence-electron chi connectivity index (χ3n) is 1.72. The monoisotopic (exact) mass is 188 g/mol. The molecule has 70 valence electrons. The molecule has 1 heterocycles. The van der Waals surface area contributed by atoms with Crippen LogP contribution >= 0.6 is 0 Å². The average molecular weight is 188 g/mol. The molecule has 0 spiro atoms. The van der Waals surface area contributed by atoms with E-state index >= 15 is 0 Å². The molecule has 0 aliphatic carbocycles. The zero-order valence-corrected chi connectivity index (χ0v) is 7.27. The Bertz CT molecular complexity index is 441. The topological polar surface area (TPSA) is 70.1 Å². The van der Waals surface area contributed by atoms with E-state index in [1.54, 1.807) is 0 Å². The second-order valence-corrected chi connectivity index (χ2v) is 2.64. The summed E-state index contributed by atoms with van der Waals surface area (Å²) in [7, 11) is 0. The maximum Gasteiger partial charge on any atom is 0.227 e. The smallest absolute Gasteiger partial charge is 0.227 e. The van der Waals surface area contributed by atoms with Gasteiger partial charge in [-0.15, -0.1) is 0 Å². The van der Waals surface area contributed by atoms with Crippen LogP contribution in [0, 0.1) is 0 Å². The first-order valence-corrected chi connectivity index (χ1v) is 4.07. The Labute approximate surface area is 79.8 Å². The summed E-state index contributed by atoms with van der Waals surface area (Å²) in [6.45, 7) is 0. The fourth-order valence-electron chi connectivity index (χ4n) is 1.16. The average Bonchev–Trinajstić information content (AvgIpc) is 2.60. The molecule has 0 radical (unpaired) electrons. The van der Waals surface area contributed by atoms with Crippen molar-refractivity contribution in [3.05, 3.63) is 30.1 Å². The highest BCUT2D eigenvalue weighted by molar-refractivity contribution is 5.83. The summed E-state index contributed by atoms with van der Waals surface area (Å²) in [5.74, 6) is 0.612. The Hall–Kier alpha value is -2.17. The van der Waals surface area contributed by atoms with Crippen LogP contribution in [0.15, 0.2) is 29.4 Å². The van der Waals surface area contributed by atoms with Crippen LogP contribution in [0.5, 0.6) is 0 Å². The van der Waals surface area contributed by atoms with Crippen molar-refractivity contribution in [2.24, 2.45) is 5.10 Å². The number of rotatable bonds is 3. The number of H-pyrrole nitrogens is 1. The molecular formula is C9H8N4O. The normalized spacial score (nSPS) is 10.9. The maximum absolute atomic E-state index is 9.91. The van der Waals surface area contributed by atoms with E-state index < -0.39 is 0 Å². The van der Waals surface area contributed by atoms with Crippen LogP contribution in [0.4, 0.5) is 0 Å². The molecule has 0 aliphatic rings. The molecule has 1 aromatic heterocycles. The van der Waals surface area contributed by atoms with E-state index in [1.807, 2.05) is 24.3 Å². The predicted molar refractivity (Wildman–Crippen MR) is 52.9 cm³/mol. The molecule has 0 saturated heterocycles. The lowest BCUT2D eigenvalue weighted by atomic mass is 10.3. The number of nitrogens with zero attached hydrogens (tertiary/aromatic N) is 2. The molecule has 0 bridgehead atoms. The van der Waals surface area contributed by atoms with Gasteiger partial charge in [-0.05, 0) is 12.1 Å². The first kappa shape index (κ1) is 8.43. The fraction of sp³-hybridized carbons (Fsp3) is 0. The van der Waals surface area contributed by atoms with Gasteiger partial charge in [-0.3, -0.25) is 4.79 Å². The predicted octanol–water partition coefficient (Wildman–Crippen LogP) is 0.643. The molecule has 1 amide bonds. The number of nitrogens with one attached hydrogen (secondary N) is 2. The van der Waals surface area contributed by atoms with Gasteiger partial charge >= 0.3 is 0 Å². The minimum Gasteiger partial charge on any atom is -0.337 e. The molecule has 5 heteroatoms. The lowest BCUT2D eigenvalue weighted by Gasteiger charge is -1.82. The highest BCUT2D eigenvalue weighted by Crippen LogP contribution is 2.08. The lowest BCUT2D eigenvalue weighted by molar-refractivity contribution is -0.109. The van der Waals surface area contributed by atoms with Crippen LogP contribution < -0.4 is 5.43 Å². The van der Waals surface area contributed by atoms with E-state index in [0.29, 0.717) is 12.2 Å². The summed E-state index contributed by atoms with van der Waals surface area (Å²) in [5.41, 5.74) is 3.99. The zero-order valence-electron chi connectivity index (χ0n) is 7.27. The van der Waals surface area contributed by atoms with Crippen LogP contribution in [0.3, 0.4) is 0 Å². The molecule has 14 heavy (non-hydrogen) atoms. The summed E-state index contributed by atoms with van der Waals surface area (Å²) in [6, 6.07) is 7.65. The molecule has 2 aromatic rings. The summed E-state index contributed by atoms with van der Waals surface area (Å²) < 4.78 is 0. The van der Waals surface area contributed by atoms with E-state index in [-0.39, 0.29) is 0 Å². The van der Waals surface area contributed by atoms with Crippen molar-refractivity contribution in [1.29, 1.82) is 0 Å². The summed E-state index contributed by atoms with van der Waals surface area (Å²) in [4.78, 5) is 17.2. The van der Waals surface area contributed by atoms with Gasteiger partial charge in [-0.25, -0.2) is 10.4 Å². The van der Waals surface area contributed by atoms with Crippen molar-refractivity contribution < 1.29 is 4.79 Å². The molecular weight excluding hydrogens is 180 g/mol. The number of fused-ring (bicyclic) bond motifs is 1. The van der Waals surface area contributed by atoms with Crippen LogP contribution in [-0.2, 0) is 4.79 Å². The standard InChI is InChI=1S/C9H8N4O/c14-6-11-10-5-9-12-7-3-1-2-4-8(7)13-9/h1-6H,(H,11,14)(H,12,13)/b10-5+. The first-order chi connectivity index (χ1) is 6.90. The second kappa shape index (κ2) is 3.69. The summed E-state index contributed by atoms with van der Waals surface area (Å²) in [6.07, 6.45) is 1.95. The summed E-state index contributed by atoms with van der Waals surface area (Å²) >= 11 is 0. The van der Waals surface area contributed by atoms with Crippen LogP contribution in [0.2, 0.25) is 0 Å². The quantitative estimate of drug-likeness (QED) is 0.421. The Morgan fingerprint density at radius 1 is 1.43 bits per heavy atom. The number of aromatic nitrogens is 2. The zero-order chi connectivity index (χ0) is 9.80. The van der Waals surface area contributed by atoms with Crippen molar-refractivity contribution >= 4 is 23.7 Å². The number of aromatic amines is 1. The Kier molecular flexibility index (Phi) is 2.22. The van der Waals surface area contributed by atoms with Crippen LogP contribution in [0.25, 0.3) is 11.0 Å². The minimum absolute atomic E-state index is 0.499. The molecule has 5 nitrogen and oxygen atoms in total. The van der Waals surface area contributed by atoms with Gasteiger partial charge in [0.25, 0.3) is 0 Å². The third kappa shape index (κ3) is 1.61. The molecule has 0 saturated carbocycles. The molecule has 0 aliphatic heterocycles. The highest BCUT2D eigenvalue weighted by Gasteiger charge is 1.97. The fourth-order valence-corrected chi connectivity index (χ4v) is 1.16. The van der Waals surface area contributed by atoms with Crippen molar-refractivity contribution in [2.75, 3.05) is 0 Å². The van der Waals surface area contributed by atoms with Crippen molar-refractivity contribution in [1.82, 2.24) is 15.4 Å². The van der Waals surface area contributed by atoms with Gasteiger partial charge in [0.1, 0.15) is 0 Å². The molecule has 0 fully saturated rings. The number of carbonyl (C=O) groups is 1. The van der Waals surface area contributed by atoms with Crippen molar-refractivity contribution in [2.45, 2.75) is 0 Å². The molecule has 2 N–H and O–H groups in total. The number of hydrogen-bond donors (Lipinski definition) is 2. The van der Waals surface area contributed by atoms with Crippen molar-refractivity contribution in [3.8, 4) is 0 Å². The van der Waals surface area contributed by atoms with Gasteiger partial charge in [0, 0.05) is 0 Å². The van der Waals surface area contributed by atoms with Gasteiger partial charge in [-0.1, -0.05) is 12.1 Å². The molecule has 0 unspecified atom stereocenters. The van der Waals surface area contributed by atoms with Gasteiger partial charge < -0.3 is 4.98 Å². The van der Waals surface area contributed by atoms with Crippen LogP contribution in [-0.4, -0.2) is 22.6 Å². The lowest BCUT2D eigenvalue weighted by Crippen LogP contribution is -2.01. The van der Waals surface area contributed by atoms with Gasteiger partial charge in [0.15, 0.2) is 5.82 Å². The molecule has 0 atom stereocenters. The molecule has 1 aromatic carbocycles. The SMILES string of the molecule is O=CN/N=C/c1nc2ccccc2[nH]1. The largest absolute Gasteiger partial charge is 0.337 e. The van der Waals surface area contributed by atoms with E-state index in [0.717, 1.165) is 11.0 Å². The third-order valence-corrected chi connectivity index (χ3v) is 1.72. The Morgan fingerprint density at radius 3 is 3.07 bits per heavy atom. The van der Waals surface area contributed by atoms with Gasteiger partial charge in [-0.2, -0.15) is 5.10 Å². The van der Waals surface area contributed by atoms with Crippen LogP contribution in [0.1, 0.15) is 5.82 Å². The van der Waals surface area contributed by atoms with Crippen molar-refractivity contribution in [3.63, 3.8) is 0 Å².